The Hall–Kier alpha value is -4.50. The number of amides is 1. The highest BCUT2D eigenvalue weighted by molar-refractivity contribution is 7.07. The van der Waals surface area contributed by atoms with E-state index >= 15 is 0 Å². The van der Waals surface area contributed by atoms with E-state index in [1.165, 1.54) is 11.3 Å². The van der Waals surface area contributed by atoms with Crippen LogP contribution in [0.25, 0.3) is 6.08 Å². The lowest BCUT2D eigenvalue weighted by molar-refractivity contribution is -0.113. The number of benzene rings is 2. The van der Waals surface area contributed by atoms with Crippen molar-refractivity contribution in [3.8, 4) is 11.5 Å². The molecule has 0 bridgehead atoms. The summed E-state index contributed by atoms with van der Waals surface area (Å²) in [5.74, 6) is 0.708. The first kappa shape index (κ1) is 24.2. The number of carbonyl (C=O) groups excluding carboxylic acids is 1. The third-order valence-corrected chi connectivity index (χ3v) is 7.01. The molecule has 0 spiro atoms. The van der Waals surface area contributed by atoms with Crippen molar-refractivity contribution < 1.29 is 14.3 Å². The van der Waals surface area contributed by atoms with Gasteiger partial charge in [-0.15, -0.1) is 0 Å². The van der Waals surface area contributed by atoms with Gasteiger partial charge in [0.25, 0.3) is 11.5 Å². The lowest BCUT2D eigenvalue weighted by atomic mass is 9.94. The zero-order valence-corrected chi connectivity index (χ0v) is 21.3. The molecule has 186 valence electrons. The van der Waals surface area contributed by atoms with Crippen LogP contribution >= 0.6 is 11.3 Å². The molecule has 0 unspecified atom stereocenters. The van der Waals surface area contributed by atoms with Crippen LogP contribution in [0.5, 0.6) is 11.5 Å². The number of nitrogens with one attached hydrogen (secondary N) is 1. The Morgan fingerprint density at radius 3 is 2.46 bits per heavy atom. The van der Waals surface area contributed by atoms with Crippen LogP contribution in [0.3, 0.4) is 0 Å². The summed E-state index contributed by atoms with van der Waals surface area (Å²) in [7, 11) is 3.11. The second kappa shape index (κ2) is 10.2. The van der Waals surface area contributed by atoms with Gasteiger partial charge in [0, 0.05) is 18.1 Å². The molecule has 1 atom stereocenters. The zero-order valence-electron chi connectivity index (χ0n) is 20.5. The number of thiazole rings is 1. The van der Waals surface area contributed by atoms with Crippen molar-refractivity contribution in [2.24, 2.45) is 4.99 Å². The van der Waals surface area contributed by atoms with E-state index in [0.29, 0.717) is 43.4 Å². The van der Waals surface area contributed by atoms with E-state index in [-0.39, 0.29) is 11.5 Å². The fourth-order valence-corrected chi connectivity index (χ4v) is 5.33. The number of allylic oxidation sites excluding steroid dienone is 1. The Labute approximate surface area is 216 Å². The van der Waals surface area contributed by atoms with Crippen LogP contribution in [-0.2, 0) is 4.79 Å². The molecule has 37 heavy (non-hydrogen) atoms. The summed E-state index contributed by atoms with van der Waals surface area (Å²) in [6.45, 7) is 1.79. The molecule has 9 heteroatoms. The average Bonchev–Trinajstić information content (AvgIpc) is 3.22. The fraction of sp³-hybridized carbons (Fsp3) is 0.143. The molecular weight excluding hydrogens is 488 g/mol. The number of anilines is 1. The molecule has 0 aliphatic carbocycles. The fourth-order valence-electron chi connectivity index (χ4n) is 4.28. The van der Waals surface area contributed by atoms with Gasteiger partial charge in [-0.1, -0.05) is 35.6 Å². The van der Waals surface area contributed by atoms with Gasteiger partial charge in [-0.05, 0) is 60.5 Å². The molecule has 8 nitrogen and oxygen atoms in total. The Kier molecular flexibility index (Phi) is 6.70. The van der Waals surface area contributed by atoms with Crippen molar-refractivity contribution in [2.75, 3.05) is 19.5 Å². The number of carbonyl (C=O) groups is 1. The smallest absolute Gasteiger partial charge is 0.271 e. The minimum absolute atomic E-state index is 0.238. The molecule has 2 aromatic carbocycles. The standard InChI is InChI=1S/C28H24N4O4S/c1-17-24(26(33)31-20-7-5-4-6-8-20)25(19-9-10-21(35-2)22(16-19)36-3)32-27(34)23(37-28(32)30-17)15-18-11-13-29-14-12-18/h4-16,25H,1-3H3,(H,31,33)/b23-15-/t25-/m1/s1. The van der Waals surface area contributed by atoms with Crippen molar-refractivity contribution >= 4 is 29.0 Å². The largest absolute Gasteiger partial charge is 0.493 e. The van der Waals surface area contributed by atoms with Crippen molar-refractivity contribution in [1.82, 2.24) is 9.55 Å². The summed E-state index contributed by atoms with van der Waals surface area (Å²) in [6.07, 6.45) is 5.15. The number of fused-ring (bicyclic) bond motifs is 1. The minimum atomic E-state index is -0.723. The highest BCUT2D eigenvalue weighted by Crippen LogP contribution is 2.36. The normalized spacial score (nSPS) is 15.1. The topological polar surface area (TPSA) is 94.8 Å². The minimum Gasteiger partial charge on any atom is -0.493 e. The van der Waals surface area contributed by atoms with Gasteiger partial charge in [0.15, 0.2) is 16.3 Å². The second-order valence-corrected chi connectivity index (χ2v) is 9.31. The Morgan fingerprint density at radius 2 is 1.76 bits per heavy atom. The quantitative estimate of drug-likeness (QED) is 0.428. The van der Waals surface area contributed by atoms with Crippen LogP contribution in [0.4, 0.5) is 5.69 Å². The van der Waals surface area contributed by atoms with Crippen LogP contribution in [-0.4, -0.2) is 29.7 Å². The number of aromatic nitrogens is 2. The Morgan fingerprint density at radius 1 is 1.03 bits per heavy atom. The molecule has 0 fully saturated rings. The Bertz CT molecular complexity index is 1670. The van der Waals surface area contributed by atoms with Crippen molar-refractivity contribution in [2.45, 2.75) is 13.0 Å². The van der Waals surface area contributed by atoms with Crippen LogP contribution in [0.15, 0.2) is 94.1 Å². The van der Waals surface area contributed by atoms with Crippen LogP contribution in [0, 0.1) is 0 Å². The maximum absolute atomic E-state index is 13.8. The molecule has 4 aromatic rings. The number of hydrogen-bond donors (Lipinski definition) is 1. The number of rotatable bonds is 6. The summed E-state index contributed by atoms with van der Waals surface area (Å²) in [5, 5.41) is 2.95. The average molecular weight is 513 g/mol. The second-order valence-electron chi connectivity index (χ2n) is 8.30. The van der Waals surface area contributed by atoms with Gasteiger partial charge in [-0.2, -0.15) is 0 Å². The number of para-hydroxylation sites is 1. The molecule has 0 saturated carbocycles. The van der Waals surface area contributed by atoms with E-state index in [9.17, 15) is 9.59 Å². The van der Waals surface area contributed by atoms with Crippen LogP contribution < -0.4 is 29.7 Å². The van der Waals surface area contributed by atoms with Crippen molar-refractivity contribution in [3.63, 3.8) is 0 Å². The summed E-state index contributed by atoms with van der Waals surface area (Å²) in [5.41, 5.74) is 2.86. The number of pyridine rings is 1. The maximum Gasteiger partial charge on any atom is 0.271 e. The van der Waals surface area contributed by atoms with Crippen LogP contribution in [0.2, 0.25) is 0 Å². The van der Waals surface area contributed by atoms with E-state index in [1.807, 2.05) is 48.5 Å². The van der Waals surface area contributed by atoms with Crippen molar-refractivity contribution in [1.29, 1.82) is 0 Å². The summed E-state index contributed by atoms with van der Waals surface area (Å²) in [6, 6.07) is 17.5. The summed E-state index contributed by atoms with van der Waals surface area (Å²) < 4.78 is 13.0. The van der Waals surface area contributed by atoms with Crippen molar-refractivity contribution in [3.05, 3.63) is 115 Å². The third-order valence-electron chi connectivity index (χ3n) is 6.03. The Balaban J connectivity index is 1.71. The predicted octanol–water partition coefficient (Wildman–Crippen LogP) is 3.29. The SMILES string of the molecule is COc1ccc([C@@H]2C(C(=O)Nc3ccccc3)=C(C)N=c3s/c(=C\c4ccncc4)c(=O)n32)cc1OC. The summed E-state index contributed by atoms with van der Waals surface area (Å²) >= 11 is 1.28. The number of hydrogen-bond acceptors (Lipinski definition) is 7. The van der Waals surface area contributed by atoms with E-state index in [1.54, 1.807) is 56.3 Å². The number of nitrogens with zero attached hydrogens (tertiary/aromatic N) is 3. The molecule has 2 aromatic heterocycles. The van der Waals surface area contributed by atoms with Gasteiger partial charge in [-0.25, -0.2) is 4.99 Å². The third kappa shape index (κ3) is 4.68. The monoisotopic (exact) mass is 512 g/mol. The highest BCUT2D eigenvalue weighted by atomic mass is 32.1. The lowest BCUT2D eigenvalue weighted by Crippen LogP contribution is -2.40. The molecule has 0 saturated heterocycles. The molecule has 5 rings (SSSR count). The van der Waals surface area contributed by atoms with E-state index in [2.05, 4.69) is 15.3 Å². The van der Waals surface area contributed by atoms with Crippen LogP contribution in [0.1, 0.15) is 24.1 Å². The molecule has 1 aliphatic heterocycles. The first-order chi connectivity index (χ1) is 18.0. The first-order valence-corrected chi connectivity index (χ1v) is 12.3. The maximum atomic E-state index is 13.8. The molecule has 3 heterocycles. The molecule has 0 radical (unpaired) electrons. The summed E-state index contributed by atoms with van der Waals surface area (Å²) in [4.78, 5) is 36.6. The molecule has 1 N–H and O–H groups in total. The molecule has 1 aliphatic rings. The van der Waals surface area contributed by atoms with E-state index < -0.39 is 6.04 Å². The zero-order chi connectivity index (χ0) is 25.9. The molecular formula is C28H24N4O4S. The van der Waals surface area contributed by atoms with Gasteiger partial charge in [0.05, 0.1) is 36.1 Å². The predicted molar refractivity (Wildman–Crippen MR) is 143 cm³/mol. The first-order valence-electron chi connectivity index (χ1n) is 11.5. The van der Waals surface area contributed by atoms with Gasteiger partial charge in [0.2, 0.25) is 0 Å². The van der Waals surface area contributed by atoms with Gasteiger partial charge >= 0.3 is 0 Å². The highest BCUT2D eigenvalue weighted by Gasteiger charge is 2.33. The number of ether oxygens (including phenoxy) is 2. The van der Waals surface area contributed by atoms with Gasteiger partial charge in [-0.3, -0.25) is 19.1 Å². The van der Waals surface area contributed by atoms with E-state index in [0.717, 1.165) is 5.56 Å². The molecule has 1 amide bonds. The lowest BCUT2D eigenvalue weighted by Gasteiger charge is -2.26. The van der Waals surface area contributed by atoms with Gasteiger partial charge < -0.3 is 14.8 Å². The van der Waals surface area contributed by atoms with E-state index in [4.69, 9.17) is 9.47 Å². The van der Waals surface area contributed by atoms with Gasteiger partial charge in [0.1, 0.15) is 0 Å². The number of methoxy groups -OCH3 is 2.